The zero-order chi connectivity index (χ0) is 20.7. The minimum atomic E-state index is -3.61. The summed E-state index contributed by atoms with van der Waals surface area (Å²) in [7, 11) is -3.61. The third-order valence-corrected chi connectivity index (χ3v) is 7.50. The highest BCUT2D eigenvalue weighted by atomic mass is 32.2. The molecule has 3 rings (SSSR count). The molecule has 1 aliphatic heterocycles. The van der Waals surface area contributed by atoms with Crippen molar-refractivity contribution in [1.29, 1.82) is 0 Å². The third-order valence-electron chi connectivity index (χ3n) is 4.68. The highest BCUT2D eigenvalue weighted by Gasteiger charge is 2.33. The lowest BCUT2D eigenvalue weighted by Crippen LogP contribution is -2.41. The van der Waals surface area contributed by atoms with E-state index < -0.39 is 21.9 Å². The summed E-state index contributed by atoms with van der Waals surface area (Å²) in [6.45, 7) is 0.618. The van der Waals surface area contributed by atoms with Crippen molar-refractivity contribution < 1.29 is 22.7 Å². The van der Waals surface area contributed by atoms with E-state index in [-0.39, 0.29) is 30.5 Å². The Labute approximate surface area is 173 Å². The molecule has 0 aliphatic carbocycles. The van der Waals surface area contributed by atoms with Crippen molar-refractivity contribution in [3.63, 3.8) is 0 Å². The molecule has 2 aromatic rings. The van der Waals surface area contributed by atoms with E-state index in [1.54, 1.807) is 17.4 Å². The Hall–Kier alpha value is -2.30. The maximum Gasteiger partial charge on any atom is 0.309 e. The first-order chi connectivity index (χ1) is 14.0. The summed E-state index contributed by atoms with van der Waals surface area (Å²) < 4.78 is 31.6. The van der Waals surface area contributed by atoms with Crippen molar-refractivity contribution in [3.05, 3.63) is 46.9 Å². The Morgan fingerprint density at radius 1 is 1.24 bits per heavy atom. The number of nitrogens with zero attached hydrogens (tertiary/aromatic N) is 2. The number of hydrogen-bond donors (Lipinski definition) is 1. The highest BCUT2D eigenvalue weighted by Crippen LogP contribution is 2.24. The second kappa shape index (κ2) is 9.95. The van der Waals surface area contributed by atoms with Crippen LogP contribution in [0.4, 0.5) is 0 Å². The van der Waals surface area contributed by atoms with Gasteiger partial charge in [-0.2, -0.15) is 4.31 Å². The van der Waals surface area contributed by atoms with Crippen molar-refractivity contribution in [2.45, 2.75) is 24.2 Å². The molecule has 0 atom stereocenters. The summed E-state index contributed by atoms with van der Waals surface area (Å²) in [5.74, 6) is -1.21. The van der Waals surface area contributed by atoms with Gasteiger partial charge in [0.25, 0.3) is 5.91 Å². The summed E-state index contributed by atoms with van der Waals surface area (Å²) in [6, 6.07) is 7.02. The van der Waals surface area contributed by atoms with Crippen molar-refractivity contribution in [2.75, 3.05) is 26.2 Å². The molecule has 0 aromatic carbocycles. The maximum absolute atomic E-state index is 12.6. The van der Waals surface area contributed by atoms with Crippen molar-refractivity contribution >= 4 is 33.2 Å². The predicted octanol–water partition coefficient (Wildman–Crippen LogP) is 1.45. The molecule has 1 aliphatic rings. The van der Waals surface area contributed by atoms with Crippen LogP contribution in [0.1, 0.15) is 17.7 Å². The van der Waals surface area contributed by atoms with Crippen molar-refractivity contribution in [3.8, 4) is 0 Å². The number of pyridine rings is 1. The molecule has 8 nitrogen and oxygen atoms in total. The van der Waals surface area contributed by atoms with Gasteiger partial charge >= 0.3 is 5.97 Å². The molecule has 156 valence electrons. The standard InChI is InChI=1S/C19H23N3O5S2/c23-18(21-9-5-16-3-2-12-28-16)14-27-19(24)15-6-10-22(11-7-15)29(25,26)17-4-1-8-20-13-17/h1-4,8,12-13,15H,5-7,9-11,14H2,(H,21,23). The molecule has 29 heavy (non-hydrogen) atoms. The summed E-state index contributed by atoms with van der Waals surface area (Å²) in [4.78, 5) is 29.2. The molecule has 1 fully saturated rings. The molecule has 0 spiro atoms. The molecule has 1 N–H and O–H groups in total. The van der Waals surface area contributed by atoms with Crippen LogP contribution in [-0.4, -0.2) is 55.8 Å². The second-order valence-corrected chi connectivity index (χ2v) is 9.62. The first-order valence-corrected chi connectivity index (χ1v) is 11.6. The van der Waals surface area contributed by atoms with E-state index in [9.17, 15) is 18.0 Å². The smallest absolute Gasteiger partial charge is 0.309 e. The Bertz CT molecular complexity index is 909. The van der Waals surface area contributed by atoms with Crippen LogP contribution in [0.25, 0.3) is 0 Å². The van der Waals surface area contributed by atoms with E-state index in [0.717, 1.165) is 6.42 Å². The largest absolute Gasteiger partial charge is 0.455 e. The number of esters is 1. The molecular formula is C19H23N3O5S2. The summed E-state index contributed by atoms with van der Waals surface area (Å²) in [6.07, 6.45) is 4.28. The lowest BCUT2D eigenvalue weighted by molar-refractivity contribution is -0.153. The monoisotopic (exact) mass is 437 g/mol. The van der Waals surface area contributed by atoms with Gasteiger partial charge in [0.2, 0.25) is 10.0 Å². The van der Waals surface area contributed by atoms with E-state index in [2.05, 4.69) is 10.3 Å². The van der Waals surface area contributed by atoms with Crippen LogP contribution in [0.3, 0.4) is 0 Å². The predicted molar refractivity (Wildman–Crippen MR) is 108 cm³/mol. The molecule has 0 radical (unpaired) electrons. The molecule has 0 saturated carbocycles. The van der Waals surface area contributed by atoms with E-state index in [4.69, 9.17) is 4.74 Å². The number of sulfonamides is 1. The number of thiophene rings is 1. The van der Waals surface area contributed by atoms with E-state index in [0.29, 0.717) is 19.4 Å². The lowest BCUT2D eigenvalue weighted by Gasteiger charge is -2.29. The van der Waals surface area contributed by atoms with Crippen LogP contribution in [-0.2, 0) is 30.8 Å². The summed E-state index contributed by atoms with van der Waals surface area (Å²) >= 11 is 1.63. The Morgan fingerprint density at radius 2 is 2.03 bits per heavy atom. The van der Waals surface area contributed by atoms with Gasteiger partial charge in [-0.25, -0.2) is 8.42 Å². The van der Waals surface area contributed by atoms with Gasteiger partial charge in [-0.3, -0.25) is 14.6 Å². The number of aromatic nitrogens is 1. The van der Waals surface area contributed by atoms with E-state index in [1.165, 1.54) is 27.6 Å². The second-order valence-electron chi connectivity index (χ2n) is 6.65. The Kier molecular flexibility index (Phi) is 7.34. The average Bonchev–Trinajstić information content (AvgIpc) is 3.26. The molecule has 3 heterocycles. The van der Waals surface area contributed by atoms with Crippen molar-refractivity contribution in [1.82, 2.24) is 14.6 Å². The van der Waals surface area contributed by atoms with Gasteiger partial charge in [-0.15, -0.1) is 11.3 Å². The van der Waals surface area contributed by atoms with Crippen LogP contribution >= 0.6 is 11.3 Å². The SMILES string of the molecule is O=C(COC(=O)C1CCN(S(=O)(=O)c2cccnc2)CC1)NCCc1cccs1. The molecule has 2 aromatic heterocycles. The normalized spacial score (nSPS) is 15.7. The number of carbonyl (C=O) groups excluding carboxylic acids is 2. The number of amides is 1. The van der Waals surface area contributed by atoms with Gasteiger partial charge in [-0.05, 0) is 42.8 Å². The highest BCUT2D eigenvalue weighted by molar-refractivity contribution is 7.89. The summed E-state index contributed by atoms with van der Waals surface area (Å²) in [5.41, 5.74) is 0. The molecule has 1 amide bonds. The first kappa shape index (κ1) is 21.4. The molecule has 1 saturated heterocycles. The lowest BCUT2D eigenvalue weighted by atomic mass is 9.98. The maximum atomic E-state index is 12.6. The number of rotatable bonds is 8. The average molecular weight is 438 g/mol. The third kappa shape index (κ3) is 5.84. The fraction of sp³-hybridized carbons (Fsp3) is 0.421. The zero-order valence-corrected chi connectivity index (χ0v) is 17.5. The minimum Gasteiger partial charge on any atom is -0.455 e. The van der Waals surface area contributed by atoms with Gasteiger partial charge in [0.15, 0.2) is 6.61 Å². The van der Waals surface area contributed by atoms with E-state index >= 15 is 0 Å². The molecule has 0 bridgehead atoms. The van der Waals surface area contributed by atoms with Gasteiger partial charge in [-0.1, -0.05) is 6.07 Å². The van der Waals surface area contributed by atoms with Crippen LogP contribution in [0, 0.1) is 5.92 Å². The molecule has 0 unspecified atom stereocenters. The molecular weight excluding hydrogens is 414 g/mol. The Balaban J connectivity index is 1.39. The number of ether oxygens (including phenoxy) is 1. The fourth-order valence-electron chi connectivity index (χ4n) is 3.07. The van der Waals surface area contributed by atoms with Gasteiger partial charge < -0.3 is 10.1 Å². The van der Waals surface area contributed by atoms with Crippen LogP contribution < -0.4 is 5.32 Å². The Morgan fingerprint density at radius 3 is 2.69 bits per heavy atom. The fourth-order valence-corrected chi connectivity index (χ4v) is 5.21. The van der Waals surface area contributed by atoms with Gasteiger partial charge in [0.1, 0.15) is 4.90 Å². The number of carbonyl (C=O) groups is 2. The van der Waals surface area contributed by atoms with Gasteiger partial charge in [0, 0.05) is 36.9 Å². The zero-order valence-electron chi connectivity index (χ0n) is 15.8. The number of nitrogens with one attached hydrogen (secondary N) is 1. The number of piperidine rings is 1. The first-order valence-electron chi connectivity index (χ1n) is 9.32. The van der Waals surface area contributed by atoms with Crippen LogP contribution in [0.15, 0.2) is 46.9 Å². The quantitative estimate of drug-likeness (QED) is 0.627. The van der Waals surface area contributed by atoms with Crippen LogP contribution in [0.5, 0.6) is 0 Å². The minimum absolute atomic E-state index is 0.139. The van der Waals surface area contributed by atoms with Crippen LogP contribution in [0.2, 0.25) is 0 Å². The van der Waals surface area contributed by atoms with Crippen molar-refractivity contribution in [2.24, 2.45) is 5.92 Å². The molecule has 10 heteroatoms. The van der Waals surface area contributed by atoms with E-state index in [1.807, 2.05) is 17.5 Å². The van der Waals surface area contributed by atoms with Gasteiger partial charge in [0.05, 0.1) is 5.92 Å². The summed E-state index contributed by atoms with van der Waals surface area (Å²) in [5, 5.41) is 4.70. The number of hydrogen-bond acceptors (Lipinski definition) is 7. The topological polar surface area (TPSA) is 106 Å².